The van der Waals surface area contributed by atoms with Gasteiger partial charge in [-0.3, -0.25) is 4.79 Å². The third kappa shape index (κ3) is 2.24. The maximum Gasteiger partial charge on any atom is 0.306 e. The smallest absolute Gasteiger partial charge is 0.306 e. The Balaban J connectivity index is 2.30. The first-order valence-corrected chi connectivity index (χ1v) is 3.48. The second-order valence-corrected chi connectivity index (χ2v) is 2.75. The molecule has 0 heterocycles. The van der Waals surface area contributed by atoms with Gasteiger partial charge in [0, 0.05) is 0 Å². The fourth-order valence-corrected chi connectivity index (χ4v) is 0.982. The third-order valence-electron chi connectivity index (χ3n) is 1.74. The zero-order valence-corrected chi connectivity index (χ0v) is 6.17. The van der Waals surface area contributed by atoms with E-state index in [2.05, 4.69) is 5.92 Å². The summed E-state index contributed by atoms with van der Waals surface area (Å²) in [5.74, 6) is 1.50. The highest BCUT2D eigenvalue weighted by Crippen LogP contribution is 2.42. The van der Waals surface area contributed by atoms with Crippen LogP contribution in [0, 0.1) is 12.3 Å². The van der Waals surface area contributed by atoms with Gasteiger partial charge in [-0.15, -0.1) is 6.42 Å². The van der Waals surface area contributed by atoms with Crippen molar-refractivity contribution < 1.29 is 14.6 Å². The van der Waals surface area contributed by atoms with E-state index in [4.69, 9.17) is 16.3 Å². The van der Waals surface area contributed by atoms with Crippen LogP contribution in [-0.2, 0) is 9.53 Å². The minimum atomic E-state index is -0.820. The van der Waals surface area contributed by atoms with Crippen LogP contribution in [0.4, 0.5) is 0 Å². The molecule has 0 unspecified atom stereocenters. The van der Waals surface area contributed by atoms with Crippen molar-refractivity contribution in [3.8, 4) is 12.3 Å². The number of ether oxygens (including phenoxy) is 1. The standard InChI is InChI=1S/C8H10O3/c1-2-5-11-8(3-4-8)6-7(9)10/h1H,3-6H2,(H,9,10). The summed E-state index contributed by atoms with van der Waals surface area (Å²) in [4.78, 5) is 10.3. The number of hydrogen-bond acceptors (Lipinski definition) is 2. The van der Waals surface area contributed by atoms with Crippen LogP contribution in [0.5, 0.6) is 0 Å². The number of carbonyl (C=O) groups is 1. The van der Waals surface area contributed by atoms with Crippen molar-refractivity contribution in [1.82, 2.24) is 0 Å². The normalized spacial score (nSPS) is 18.8. The van der Waals surface area contributed by atoms with Gasteiger partial charge in [-0.1, -0.05) is 5.92 Å². The fourth-order valence-electron chi connectivity index (χ4n) is 0.982. The Hall–Kier alpha value is -1.01. The number of rotatable bonds is 4. The average Bonchev–Trinajstić information content (AvgIpc) is 2.64. The molecule has 1 fully saturated rings. The highest BCUT2D eigenvalue weighted by Gasteiger charge is 2.45. The lowest BCUT2D eigenvalue weighted by atomic mass is 10.2. The predicted octanol–water partition coefficient (Wildman–Crippen LogP) is 0.643. The molecule has 0 aromatic rings. The fraction of sp³-hybridized carbons (Fsp3) is 0.625. The van der Waals surface area contributed by atoms with Gasteiger partial charge >= 0.3 is 5.97 Å². The molecule has 0 saturated heterocycles. The molecule has 0 amide bonds. The van der Waals surface area contributed by atoms with Crippen molar-refractivity contribution in [1.29, 1.82) is 0 Å². The minimum absolute atomic E-state index is 0.0781. The van der Waals surface area contributed by atoms with Gasteiger partial charge in [-0.25, -0.2) is 0 Å². The SMILES string of the molecule is C#CCOC1(CC(=O)O)CC1. The number of terminal acetylenes is 1. The van der Waals surface area contributed by atoms with Gasteiger partial charge in [0.1, 0.15) is 6.61 Å². The lowest BCUT2D eigenvalue weighted by Crippen LogP contribution is -2.19. The van der Waals surface area contributed by atoms with Gasteiger partial charge in [0.05, 0.1) is 12.0 Å². The first kappa shape index (κ1) is 8.09. The molecule has 0 atom stereocenters. The Morgan fingerprint density at radius 1 is 1.73 bits per heavy atom. The summed E-state index contributed by atoms with van der Waals surface area (Å²) in [6, 6.07) is 0. The molecule has 0 radical (unpaired) electrons. The van der Waals surface area contributed by atoms with E-state index in [1.54, 1.807) is 0 Å². The highest BCUT2D eigenvalue weighted by molar-refractivity contribution is 5.68. The number of carboxylic acid groups (broad SMARTS) is 1. The van der Waals surface area contributed by atoms with Crippen LogP contribution < -0.4 is 0 Å². The van der Waals surface area contributed by atoms with Gasteiger partial charge in [-0.2, -0.15) is 0 Å². The molecule has 1 aliphatic rings. The quantitative estimate of drug-likeness (QED) is 0.604. The molecular weight excluding hydrogens is 144 g/mol. The summed E-state index contributed by atoms with van der Waals surface area (Å²) >= 11 is 0. The van der Waals surface area contributed by atoms with Gasteiger partial charge in [0.2, 0.25) is 0 Å². The summed E-state index contributed by atoms with van der Waals surface area (Å²) in [5.41, 5.74) is -0.418. The summed E-state index contributed by atoms with van der Waals surface area (Å²) in [6.45, 7) is 0.216. The first-order chi connectivity index (χ1) is 5.18. The van der Waals surface area contributed by atoms with E-state index in [0.29, 0.717) is 0 Å². The molecule has 1 aliphatic carbocycles. The molecule has 0 aromatic carbocycles. The summed E-state index contributed by atoms with van der Waals surface area (Å²) in [7, 11) is 0. The molecule has 1 saturated carbocycles. The average molecular weight is 154 g/mol. The largest absolute Gasteiger partial charge is 0.481 e. The van der Waals surface area contributed by atoms with Crippen LogP contribution in [0.2, 0.25) is 0 Å². The second kappa shape index (κ2) is 2.93. The van der Waals surface area contributed by atoms with Gasteiger partial charge in [0.15, 0.2) is 0 Å². The summed E-state index contributed by atoms with van der Waals surface area (Å²) in [5, 5.41) is 8.46. The molecule has 0 bridgehead atoms. The van der Waals surface area contributed by atoms with Crippen LogP contribution in [0.3, 0.4) is 0 Å². The molecule has 0 aromatic heterocycles. The molecule has 0 aliphatic heterocycles. The first-order valence-electron chi connectivity index (χ1n) is 3.48. The van der Waals surface area contributed by atoms with Gasteiger partial charge in [-0.05, 0) is 12.8 Å². The molecule has 0 spiro atoms. The number of aliphatic carboxylic acids is 1. The van der Waals surface area contributed by atoms with E-state index >= 15 is 0 Å². The predicted molar refractivity (Wildman–Crippen MR) is 39.0 cm³/mol. The molecule has 1 rings (SSSR count). The Labute approximate surface area is 65.4 Å². The lowest BCUT2D eigenvalue weighted by Gasteiger charge is -2.10. The molecule has 3 heteroatoms. The Morgan fingerprint density at radius 2 is 2.36 bits per heavy atom. The van der Waals surface area contributed by atoms with Crippen molar-refractivity contribution >= 4 is 5.97 Å². The Morgan fingerprint density at radius 3 is 2.73 bits per heavy atom. The Kier molecular flexibility index (Phi) is 2.16. The molecule has 3 nitrogen and oxygen atoms in total. The number of carboxylic acids is 1. The van der Waals surface area contributed by atoms with Crippen molar-refractivity contribution in [3.05, 3.63) is 0 Å². The van der Waals surface area contributed by atoms with Crippen LogP contribution >= 0.6 is 0 Å². The molecule has 11 heavy (non-hydrogen) atoms. The highest BCUT2D eigenvalue weighted by atomic mass is 16.5. The van der Waals surface area contributed by atoms with Crippen molar-refractivity contribution in [3.63, 3.8) is 0 Å². The molecular formula is C8H10O3. The van der Waals surface area contributed by atoms with Crippen molar-refractivity contribution in [2.24, 2.45) is 0 Å². The second-order valence-electron chi connectivity index (χ2n) is 2.75. The van der Waals surface area contributed by atoms with E-state index in [1.165, 1.54) is 0 Å². The maximum absolute atomic E-state index is 10.3. The van der Waals surface area contributed by atoms with E-state index in [1.807, 2.05) is 0 Å². The van der Waals surface area contributed by atoms with E-state index in [-0.39, 0.29) is 13.0 Å². The zero-order valence-electron chi connectivity index (χ0n) is 6.17. The van der Waals surface area contributed by atoms with Crippen LogP contribution in [-0.4, -0.2) is 23.3 Å². The third-order valence-corrected chi connectivity index (χ3v) is 1.74. The van der Waals surface area contributed by atoms with Crippen molar-refractivity contribution in [2.45, 2.75) is 24.9 Å². The lowest BCUT2D eigenvalue weighted by molar-refractivity contribution is -0.140. The van der Waals surface area contributed by atoms with E-state index < -0.39 is 11.6 Å². The minimum Gasteiger partial charge on any atom is -0.481 e. The summed E-state index contributed by atoms with van der Waals surface area (Å²) in [6.07, 6.45) is 6.69. The van der Waals surface area contributed by atoms with Gasteiger partial charge in [0.25, 0.3) is 0 Å². The molecule has 60 valence electrons. The Bertz CT molecular complexity index is 198. The van der Waals surface area contributed by atoms with Crippen LogP contribution in [0.15, 0.2) is 0 Å². The maximum atomic E-state index is 10.3. The zero-order chi connectivity index (χ0) is 8.32. The van der Waals surface area contributed by atoms with E-state index in [9.17, 15) is 4.79 Å². The van der Waals surface area contributed by atoms with Crippen LogP contribution in [0.1, 0.15) is 19.3 Å². The summed E-state index contributed by atoms with van der Waals surface area (Å²) < 4.78 is 5.18. The van der Waals surface area contributed by atoms with Crippen molar-refractivity contribution in [2.75, 3.05) is 6.61 Å². The molecule has 1 N–H and O–H groups in total. The van der Waals surface area contributed by atoms with Crippen LogP contribution in [0.25, 0.3) is 0 Å². The number of hydrogen-bond donors (Lipinski definition) is 1. The van der Waals surface area contributed by atoms with E-state index in [0.717, 1.165) is 12.8 Å². The monoisotopic (exact) mass is 154 g/mol. The topological polar surface area (TPSA) is 46.5 Å². The van der Waals surface area contributed by atoms with Gasteiger partial charge < -0.3 is 9.84 Å².